The summed E-state index contributed by atoms with van der Waals surface area (Å²) >= 11 is 0. The molecule has 94 valence electrons. The number of aromatic nitrogens is 2. The van der Waals surface area contributed by atoms with Crippen molar-refractivity contribution in [3.63, 3.8) is 0 Å². The van der Waals surface area contributed by atoms with Gasteiger partial charge >= 0.3 is 0 Å². The lowest BCUT2D eigenvalue weighted by Gasteiger charge is -2.14. The van der Waals surface area contributed by atoms with Crippen molar-refractivity contribution in [2.45, 2.75) is 37.9 Å². The van der Waals surface area contributed by atoms with Gasteiger partial charge < -0.3 is 9.88 Å². The number of imidazole rings is 1. The van der Waals surface area contributed by atoms with Crippen LogP contribution in [-0.2, 0) is 16.4 Å². The van der Waals surface area contributed by atoms with E-state index in [9.17, 15) is 8.42 Å². The molecule has 0 radical (unpaired) electrons. The Morgan fingerprint density at radius 1 is 1.41 bits per heavy atom. The Kier molecular flexibility index (Phi) is 2.71. The van der Waals surface area contributed by atoms with Crippen molar-refractivity contribution in [3.8, 4) is 0 Å². The molecule has 1 aliphatic carbocycles. The van der Waals surface area contributed by atoms with Crippen LogP contribution in [0.3, 0.4) is 0 Å². The molecule has 17 heavy (non-hydrogen) atoms. The molecule has 2 aliphatic rings. The fraction of sp³-hybridized carbons (Fsp3) is 0.727. The highest BCUT2D eigenvalue weighted by Crippen LogP contribution is 2.25. The molecule has 1 unspecified atom stereocenters. The molecular formula is C11H17N3O2S. The van der Waals surface area contributed by atoms with Gasteiger partial charge in [0.1, 0.15) is 0 Å². The van der Waals surface area contributed by atoms with E-state index in [0.717, 1.165) is 18.7 Å². The van der Waals surface area contributed by atoms with Crippen LogP contribution in [-0.4, -0.2) is 35.5 Å². The van der Waals surface area contributed by atoms with E-state index in [1.54, 1.807) is 6.33 Å². The smallest absolute Gasteiger partial charge is 0.152 e. The maximum atomic E-state index is 11.5. The zero-order valence-corrected chi connectivity index (χ0v) is 10.5. The second-order valence-corrected chi connectivity index (χ2v) is 7.23. The lowest BCUT2D eigenvalue weighted by atomic mass is 10.2. The maximum Gasteiger partial charge on any atom is 0.152 e. The van der Waals surface area contributed by atoms with Crippen LogP contribution in [0, 0.1) is 0 Å². The van der Waals surface area contributed by atoms with Crippen molar-refractivity contribution < 1.29 is 8.42 Å². The average Bonchev–Trinajstić information content (AvgIpc) is 2.87. The van der Waals surface area contributed by atoms with E-state index in [-0.39, 0.29) is 11.8 Å². The van der Waals surface area contributed by atoms with Gasteiger partial charge in [0.25, 0.3) is 0 Å². The van der Waals surface area contributed by atoms with Gasteiger partial charge in [-0.15, -0.1) is 0 Å². The Labute approximate surface area is 101 Å². The first-order valence-corrected chi connectivity index (χ1v) is 7.91. The van der Waals surface area contributed by atoms with Gasteiger partial charge in [0, 0.05) is 24.8 Å². The summed E-state index contributed by atoms with van der Waals surface area (Å²) in [4.78, 5) is 4.14. The van der Waals surface area contributed by atoms with Gasteiger partial charge in [-0.25, -0.2) is 13.4 Å². The van der Waals surface area contributed by atoms with E-state index in [4.69, 9.17) is 0 Å². The fourth-order valence-corrected chi connectivity index (χ4v) is 4.04. The van der Waals surface area contributed by atoms with Crippen LogP contribution in [0.25, 0.3) is 0 Å². The highest BCUT2D eigenvalue weighted by Gasteiger charge is 2.30. The Balaban J connectivity index is 1.71. The van der Waals surface area contributed by atoms with Crippen LogP contribution < -0.4 is 5.32 Å². The second-order valence-electron chi connectivity index (χ2n) is 5.00. The standard InChI is InChI=1S/C11H17N3O2S/c15-17(16)4-3-10(7-17)14-8-12-5-11(14)6-13-9-1-2-9/h5,8-10,13H,1-4,6-7H2. The molecule has 5 nitrogen and oxygen atoms in total. The van der Waals surface area contributed by atoms with E-state index in [0.29, 0.717) is 11.8 Å². The Hall–Kier alpha value is -0.880. The number of nitrogens with zero attached hydrogens (tertiary/aromatic N) is 2. The summed E-state index contributed by atoms with van der Waals surface area (Å²) in [6.07, 6.45) is 6.82. The van der Waals surface area contributed by atoms with Crippen molar-refractivity contribution in [3.05, 3.63) is 18.2 Å². The van der Waals surface area contributed by atoms with Crippen LogP contribution in [0.4, 0.5) is 0 Å². The fourth-order valence-electron chi connectivity index (χ4n) is 2.33. The topological polar surface area (TPSA) is 64.0 Å². The van der Waals surface area contributed by atoms with Gasteiger partial charge in [-0.1, -0.05) is 0 Å². The largest absolute Gasteiger partial charge is 0.329 e. The Morgan fingerprint density at radius 3 is 2.88 bits per heavy atom. The van der Waals surface area contributed by atoms with E-state index in [1.807, 2.05) is 10.8 Å². The molecule has 1 N–H and O–H groups in total. The molecule has 6 heteroatoms. The minimum absolute atomic E-state index is 0.0819. The molecule has 2 heterocycles. The van der Waals surface area contributed by atoms with Crippen molar-refractivity contribution in [1.29, 1.82) is 0 Å². The number of hydrogen-bond acceptors (Lipinski definition) is 4. The third kappa shape index (κ3) is 2.52. The number of hydrogen-bond donors (Lipinski definition) is 1. The van der Waals surface area contributed by atoms with Gasteiger partial charge in [0.05, 0.1) is 23.5 Å². The van der Waals surface area contributed by atoms with E-state index in [1.165, 1.54) is 12.8 Å². The summed E-state index contributed by atoms with van der Waals surface area (Å²) in [5.41, 5.74) is 1.10. The van der Waals surface area contributed by atoms with E-state index < -0.39 is 9.84 Å². The third-order valence-corrected chi connectivity index (χ3v) is 5.25. The summed E-state index contributed by atoms with van der Waals surface area (Å²) in [5, 5.41) is 3.43. The Bertz CT molecular complexity index is 505. The highest BCUT2D eigenvalue weighted by molar-refractivity contribution is 7.91. The SMILES string of the molecule is O=S1(=O)CCC(n2cncc2CNC2CC2)C1. The predicted octanol–water partition coefficient (Wildman–Crippen LogP) is 0.495. The summed E-state index contributed by atoms with van der Waals surface area (Å²) < 4.78 is 25.0. The number of rotatable bonds is 4. The molecule has 1 aromatic heterocycles. The number of sulfone groups is 1. The lowest BCUT2D eigenvalue weighted by molar-refractivity contribution is 0.520. The summed E-state index contributed by atoms with van der Waals surface area (Å²) in [6, 6.07) is 0.740. The predicted molar refractivity (Wildman–Crippen MR) is 64.4 cm³/mol. The van der Waals surface area contributed by atoms with Gasteiger partial charge in [-0.2, -0.15) is 0 Å². The van der Waals surface area contributed by atoms with E-state index >= 15 is 0 Å². The van der Waals surface area contributed by atoms with Crippen molar-refractivity contribution in [1.82, 2.24) is 14.9 Å². The second kappa shape index (κ2) is 4.10. The third-order valence-electron chi connectivity index (χ3n) is 3.50. The molecular weight excluding hydrogens is 238 g/mol. The number of nitrogens with one attached hydrogen (secondary N) is 1. The normalized spacial score (nSPS) is 27.4. The van der Waals surface area contributed by atoms with Gasteiger partial charge in [0.15, 0.2) is 9.84 Å². The zero-order chi connectivity index (χ0) is 11.9. The molecule has 0 amide bonds. The minimum atomic E-state index is -2.83. The van der Waals surface area contributed by atoms with Gasteiger partial charge in [-0.3, -0.25) is 0 Å². The van der Waals surface area contributed by atoms with Crippen LogP contribution in [0.2, 0.25) is 0 Å². The first kappa shape index (κ1) is 11.2. The minimum Gasteiger partial charge on any atom is -0.329 e. The molecule has 3 rings (SSSR count). The molecule has 1 saturated carbocycles. The first-order valence-electron chi connectivity index (χ1n) is 6.08. The van der Waals surface area contributed by atoms with Crippen LogP contribution in [0.15, 0.2) is 12.5 Å². The van der Waals surface area contributed by atoms with Crippen LogP contribution >= 0.6 is 0 Å². The van der Waals surface area contributed by atoms with Crippen molar-refractivity contribution in [2.24, 2.45) is 0 Å². The average molecular weight is 255 g/mol. The molecule has 0 bridgehead atoms. The monoisotopic (exact) mass is 255 g/mol. The van der Waals surface area contributed by atoms with Gasteiger partial charge in [0.2, 0.25) is 0 Å². The van der Waals surface area contributed by atoms with Crippen molar-refractivity contribution >= 4 is 9.84 Å². The molecule has 1 aromatic rings. The maximum absolute atomic E-state index is 11.5. The zero-order valence-electron chi connectivity index (χ0n) is 9.67. The molecule has 0 aromatic carbocycles. The van der Waals surface area contributed by atoms with Crippen LogP contribution in [0.1, 0.15) is 31.0 Å². The summed E-state index contributed by atoms with van der Waals surface area (Å²) in [7, 11) is -2.83. The van der Waals surface area contributed by atoms with Crippen LogP contribution in [0.5, 0.6) is 0 Å². The lowest BCUT2D eigenvalue weighted by Crippen LogP contribution is -2.20. The molecule has 1 aliphatic heterocycles. The summed E-state index contributed by atoms with van der Waals surface area (Å²) in [5.74, 6) is 0.575. The van der Waals surface area contributed by atoms with E-state index in [2.05, 4.69) is 10.3 Å². The molecule has 0 spiro atoms. The first-order chi connectivity index (χ1) is 8.14. The van der Waals surface area contributed by atoms with Crippen molar-refractivity contribution in [2.75, 3.05) is 11.5 Å². The molecule has 1 atom stereocenters. The quantitative estimate of drug-likeness (QED) is 0.850. The molecule has 2 fully saturated rings. The highest BCUT2D eigenvalue weighted by atomic mass is 32.2. The molecule has 1 saturated heterocycles. The Morgan fingerprint density at radius 2 is 2.24 bits per heavy atom. The summed E-state index contributed by atoms with van der Waals surface area (Å²) in [6.45, 7) is 0.793. The van der Waals surface area contributed by atoms with Gasteiger partial charge in [-0.05, 0) is 19.3 Å².